The van der Waals surface area contributed by atoms with Gasteiger partial charge in [0.25, 0.3) is 0 Å². The number of benzene rings is 1. The minimum Gasteiger partial charge on any atom is -0.481 e. The van der Waals surface area contributed by atoms with Crippen molar-refractivity contribution in [3.05, 3.63) is 34.1 Å². The average Bonchev–Trinajstić information content (AvgIpc) is 2.29. The SMILES string of the molecule is CN(CCc1cc(Br)ccc1F)CC(C)(C)C(=O)O. The minimum atomic E-state index is -0.826. The number of carbonyl (C=O) groups is 1. The maximum absolute atomic E-state index is 13.6. The summed E-state index contributed by atoms with van der Waals surface area (Å²) in [5, 5.41) is 9.06. The molecule has 0 radical (unpaired) electrons. The molecule has 0 spiro atoms. The Balaban J connectivity index is 2.57. The molecule has 1 N–H and O–H groups in total. The highest BCUT2D eigenvalue weighted by atomic mass is 79.9. The van der Waals surface area contributed by atoms with Crippen molar-refractivity contribution in [2.24, 2.45) is 5.41 Å². The summed E-state index contributed by atoms with van der Waals surface area (Å²) < 4.78 is 14.4. The van der Waals surface area contributed by atoms with Crippen LogP contribution in [0.25, 0.3) is 0 Å². The fraction of sp³-hybridized carbons (Fsp3) is 0.500. The summed E-state index contributed by atoms with van der Waals surface area (Å²) in [4.78, 5) is 12.9. The van der Waals surface area contributed by atoms with Gasteiger partial charge in [-0.1, -0.05) is 15.9 Å². The molecule has 3 nitrogen and oxygen atoms in total. The third kappa shape index (κ3) is 4.91. The number of likely N-dealkylation sites (N-methyl/N-ethyl adjacent to an activating group) is 1. The van der Waals surface area contributed by atoms with E-state index < -0.39 is 11.4 Å². The Hall–Kier alpha value is -0.940. The second kappa shape index (κ2) is 6.48. The van der Waals surface area contributed by atoms with Gasteiger partial charge in [0.15, 0.2) is 0 Å². The van der Waals surface area contributed by atoms with Crippen LogP contribution in [-0.4, -0.2) is 36.1 Å². The normalized spacial score (nSPS) is 11.9. The maximum Gasteiger partial charge on any atom is 0.310 e. The summed E-state index contributed by atoms with van der Waals surface area (Å²) >= 11 is 3.31. The largest absolute Gasteiger partial charge is 0.481 e. The molecule has 1 rings (SSSR count). The molecular weight excluding hydrogens is 313 g/mol. The highest BCUT2D eigenvalue weighted by molar-refractivity contribution is 9.10. The third-order valence-electron chi connectivity index (χ3n) is 3.01. The lowest BCUT2D eigenvalue weighted by Gasteiger charge is -2.26. The van der Waals surface area contributed by atoms with E-state index in [2.05, 4.69) is 15.9 Å². The van der Waals surface area contributed by atoms with Crippen molar-refractivity contribution in [3.8, 4) is 0 Å². The fourth-order valence-corrected chi connectivity index (χ4v) is 2.28. The second-order valence-electron chi connectivity index (χ2n) is 5.41. The number of carboxylic acids is 1. The summed E-state index contributed by atoms with van der Waals surface area (Å²) in [7, 11) is 1.85. The van der Waals surface area contributed by atoms with Crippen molar-refractivity contribution >= 4 is 21.9 Å². The summed E-state index contributed by atoms with van der Waals surface area (Å²) in [5.74, 6) is -1.05. The molecule has 0 aliphatic carbocycles. The zero-order chi connectivity index (χ0) is 14.6. The van der Waals surface area contributed by atoms with Crippen LogP contribution >= 0.6 is 15.9 Å². The lowest BCUT2D eigenvalue weighted by molar-refractivity contribution is -0.147. The summed E-state index contributed by atoms with van der Waals surface area (Å²) in [6, 6.07) is 4.85. The van der Waals surface area contributed by atoms with E-state index >= 15 is 0 Å². The predicted octanol–water partition coefficient (Wildman–Crippen LogP) is 3.17. The molecular formula is C14H19BrFNO2. The van der Waals surface area contributed by atoms with Gasteiger partial charge in [-0.3, -0.25) is 4.79 Å². The third-order valence-corrected chi connectivity index (χ3v) is 3.51. The second-order valence-corrected chi connectivity index (χ2v) is 6.33. The molecule has 0 aromatic heterocycles. The Morgan fingerprint density at radius 3 is 2.68 bits per heavy atom. The lowest BCUT2D eigenvalue weighted by Crippen LogP contribution is -2.38. The fourth-order valence-electron chi connectivity index (χ4n) is 1.87. The molecule has 0 saturated carbocycles. The molecule has 106 valence electrons. The van der Waals surface area contributed by atoms with Gasteiger partial charge in [0.2, 0.25) is 0 Å². The van der Waals surface area contributed by atoms with Crippen LogP contribution in [0.2, 0.25) is 0 Å². The number of carboxylic acid groups (broad SMARTS) is 1. The van der Waals surface area contributed by atoms with Crippen molar-refractivity contribution in [3.63, 3.8) is 0 Å². The van der Waals surface area contributed by atoms with Crippen LogP contribution in [0.15, 0.2) is 22.7 Å². The Morgan fingerprint density at radius 2 is 2.11 bits per heavy atom. The highest BCUT2D eigenvalue weighted by Gasteiger charge is 2.28. The van der Waals surface area contributed by atoms with Crippen LogP contribution in [0.4, 0.5) is 4.39 Å². The predicted molar refractivity (Wildman–Crippen MR) is 76.7 cm³/mol. The summed E-state index contributed by atoms with van der Waals surface area (Å²) in [6.07, 6.45) is 0.553. The molecule has 0 atom stereocenters. The van der Waals surface area contributed by atoms with Gasteiger partial charge in [0, 0.05) is 17.6 Å². The first kappa shape index (κ1) is 16.1. The van der Waals surface area contributed by atoms with Crippen LogP contribution in [-0.2, 0) is 11.2 Å². The molecule has 0 aliphatic heterocycles. The molecule has 0 heterocycles. The van der Waals surface area contributed by atoms with Crippen molar-refractivity contribution in [1.29, 1.82) is 0 Å². The first-order chi connectivity index (χ1) is 8.72. The number of nitrogens with zero attached hydrogens (tertiary/aromatic N) is 1. The first-order valence-corrected chi connectivity index (χ1v) is 6.87. The average molecular weight is 332 g/mol. The van der Waals surface area contributed by atoms with Gasteiger partial charge in [0.05, 0.1) is 5.41 Å². The quantitative estimate of drug-likeness (QED) is 0.870. The van der Waals surface area contributed by atoms with Crippen LogP contribution < -0.4 is 0 Å². The number of rotatable bonds is 6. The number of halogens is 2. The molecule has 1 aromatic carbocycles. The molecule has 0 fully saturated rings. The molecule has 1 aromatic rings. The van der Waals surface area contributed by atoms with Crippen LogP contribution in [0.3, 0.4) is 0 Å². The van der Waals surface area contributed by atoms with E-state index in [1.54, 1.807) is 26.0 Å². The van der Waals surface area contributed by atoms with E-state index in [0.29, 0.717) is 25.1 Å². The van der Waals surface area contributed by atoms with Gasteiger partial charge in [-0.05, 0) is 51.1 Å². The zero-order valence-electron chi connectivity index (χ0n) is 11.4. The Bertz CT molecular complexity index is 463. The van der Waals surface area contributed by atoms with Crippen LogP contribution in [0.5, 0.6) is 0 Å². The highest BCUT2D eigenvalue weighted by Crippen LogP contribution is 2.18. The lowest BCUT2D eigenvalue weighted by atomic mass is 9.93. The summed E-state index contributed by atoms with van der Waals surface area (Å²) in [6.45, 7) is 4.42. The standard InChI is InChI=1S/C14H19BrFNO2/c1-14(2,13(18)19)9-17(3)7-6-10-8-11(15)4-5-12(10)16/h4-5,8H,6-7,9H2,1-3H3,(H,18,19). The topological polar surface area (TPSA) is 40.5 Å². The minimum absolute atomic E-state index is 0.228. The van der Waals surface area contributed by atoms with Crippen molar-refractivity contribution in [2.75, 3.05) is 20.1 Å². The molecule has 19 heavy (non-hydrogen) atoms. The van der Waals surface area contributed by atoms with E-state index in [1.807, 2.05) is 11.9 Å². The molecule has 0 aliphatic rings. The van der Waals surface area contributed by atoms with Crippen LogP contribution in [0.1, 0.15) is 19.4 Å². The number of hydrogen-bond donors (Lipinski definition) is 1. The molecule has 0 bridgehead atoms. The van der Waals surface area contributed by atoms with Gasteiger partial charge in [-0.25, -0.2) is 4.39 Å². The van der Waals surface area contributed by atoms with E-state index in [0.717, 1.165) is 4.47 Å². The van der Waals surface area contributed by atoms with Crippen molar-refractivity contribution in [1.82, 2.24) is 4.90 Å². The van der Waals surface area contributed by atoms with Gasteiger partial charge in [-0.15, -0.1) is 0 Å². The molecule has 5 heteroatoms. The van der Waals surface area contributed by atoms with Crippen molar-refractivity contribution in [2.45, 2.75) is 20.3 Å². The van der Waals surface area contributed by atoms with E-state index in [-0.39, 0.29) is 5.82 Å². The number of aliphatic carboxylic acids is 1. The maximum atomic E-state index is 13.6. The van der Waals surface area contributed by atoms with E-state index in [4.69, 9.17) is 5.11 Å². The first-order valence-electron chi connectivity index (χ1n) is 6.08. The number of hydrogen-bond acceptors (Lipinski definition) is 2. The Morgan fingerprint density at radius 1 is 1.47 bits per heavy atom. The van der Waals surface area contributed by atoms with Gasteiger partial charge >= 0.3 is 5.97 Å². The van der Waals surface area contributed by atoms with E-state index in [1.165, 1.54) is 6.07 Å². The van der Waals surface area contributed by atoms with Gasteiger partial charge < -0.3 is 10.0 Å². The smallest absolute Gasteiger partial charge is 0.310 e. The molecule has 0 unspecified atom stereocenters. The van der Waals surface area contributed by atoms with Gasteiger partial charge in [-0.2, -0.15) is 0 Å². The Kier molecular flexibility index (Phi) is 5.50. The summed E-state index contributed by atoms with van der Waals surface area (Å²) in [5.41, 5.74) is -0.167. The van der Waals surface area contributed by atoms with Crippen molar-refractivity contribution < 1.29 is 14.3 Å². The van der Waals surface area contributed by atoms with Gasteiger partial charge in [0.1, 0.15) is 5.82 Å². The zero-order valence-corrected chi connectivity index (χ0v) is 13.0. The Labute approximate surface area is 121 Å². The molecule has 0 saturated heterocycles. The monoisotopic (exact) mass is 331 g/mol. The van der Waals surface area contributed by atoms with Crippen LogP contribution in [0, 0.1) is 11.2 Å². The molecule has 0 amide bonds. The van der Waals surface area contributed by atoms with E-state index in [9.17, 15) is 9.18 Å².